The summed E-state index contributed by atoms with van der Waals surface area (Å²) in [7, 11) is 0. The minimum atomic E-state index is -0.938. The molecule has 0 atom stereocenters. The van der Waals surface area contributed by atoms with Crippen LogP contribution in [0.1, 0.15) is 23.2 Å². The number of phenolic OH excluding ortho intramolecular Hbond substituents is 2. The first-order valence-electron chi connectivity index (χ1n) is 6.10. The van der Waals surface area contributed by atoms with Crippen LogP contribution in [-0.4, -0.2) is 46.6 Å². The minimum Gasteiger partial charge on any atom is -0.504 e. The van der Waals surface area contributed by atoms with Crippen LogP contribution in [0.5, 0.6) is 11.5 Å². The van der Waals surface area contributed by atoms with Gasteiger partial charge in [-0.25, -0.2) is 0 Å². The Balaban J connectivity index is 1.95. The molecule has 0 aliphatic carbocycles. The highest BCUT2D eigenvalue weighted by atomic mass is 16.5. The van der Waals surface area contributed by atoms with Crippen LogP contribution in [0.15, 0.2) is 18.2 Å². The van der Waals surface area contributed by atoms with Gasteiger partial charge in [-0.2, -0.15) is 0 Å². The van der Waals surface area contributed by atoms with Crippen LogP contribution in [0, 0.1) is 0 Å². The van der Waals surface area contributed by atoms with Gasteiger partial charge in [0.1, 0.15) is 0 Å². The van der Waals surface area contributed by atoms with Crippen molar-refractivity contribution in [3.8, 4) is 11.5 Å². The van der Waals surface area contributed by atoms with E-state index in [1.165, 1.54) is 18.2 Å². The third-order valence-electron chi connectivity index (χ3n) is 3.24. The summed E-state index contributed by atoms with van der Waals surface area (Å²) < 4.78 is 5.15. The van der Waals surface area contributed by atoms with Gasteiger partial charge in [-0.15, -0.1) is 0 Å². The molecule has 0 bridgehead atoms. The lowest BCUT2D eigenvalue weighted by atomic mass is 9.94. The van der Waals surface area contributed by atoms with Gasteiger partial charge in [0.05, 0.1) is 5.60 Å². The van der Waals surface area contributed by atoms with E-state index in [2.05, 4.69) is 5.32 Å². The van der Waals surface area contributed by atoms with E-state index in [4.69, 9.17) is 9.84 Å². The summed E-state index contributed by atoms with van der Waals surface area (Å²) in [5.41, 5.74) is -0.710. The number of hydrogen-bond donors (Lipinski definition) is 4. The zero-order valence-corrected chi connectivity index (χ0v) is 10.4. The van der Waals surface area contributed by atoms with Crippen LogP contribution in [0.2, 0.25) is 0 Å². The first kappa shape index (κ1) is 13.6. The number of benzene rings is 1. The highest BCUT2D eigenvalue weighted by Gasteiger charge is 2.30. The van der Waals surface area contributed by atoms with Crippen LogP contribution in [0.4, 0.5) is 0 Å². The number of hydrogen-bond acceptors (Lipinski definition) is 5. The van der Waals surface area contributed by atoms with Gasteiger partial charge < -0.3 is 25.4 Å². The monoisotopic (exact) mass is 267 g/mol. The number of aromatic hydroxyl groups is 2. The summed E-state index contributed by atoms with van der Waals surface area (Å²) in [5.74, 6) is -1.03. The standard InChI is InChI=1S/C13H17NO5/c15-10-2-1-9(7-11(10)16)12(17)14-8-13(18)3-5-19-6-4-13/h1-2,7,15-16,18H,3-6,8H2,(H,14,17). The fourth-order valence-electron chi connectivity index (χ4n) is 1.94. The molecule has 0 spiro atoms. The fraction of sp³-hybridized carbons (Fsp3) is 0.462. The van der Waals surface area contributed by atoms with Gasteiger partial charge in [-0.05, 0) is 18.2 Å². The molecule has 6 heteroatoms. The molecule has 0 unspecified atom stereocenters. The lowest BCUT2D eigenvalue weighted by molar-refractivity contribution is -0.0605. The van der Waals surface area contributed by atoms with E-state index in [1.54, 1.807) is 0 Å². The Morgan fingerprint density at radius 3 is 2.58 bits per heavy atom. The average Bonchev–Trinajstić information content (AvgIpc) is 2.40. The molecule has 1 heterocycles. The molecule has 1 fully saturated rings. The Bertz CT molecular complexity index is 468. The van der Waals surface area contributed by atoms with Crippen molar-refractivity contribution in [2.24, 2.45) is 0 Å². The van der Waals surface area contributed by atoms with Crippen molar-refractivity contribution in [3.63, 3.8) is 0 Å². The minimum absolute atomic E-state index is 0.136. The van der Waals surface area contributed by atoms with Gasteiger partial charge in [0, 0.05) is 38.2 Å². The van der Waals surface area contributed by atoms with Crippen molar-refractivity contribution in [1.29, 1.82) is 0 Å². The molecule has 0 radical (unpaired) electrons. The zero-order chi connectivity index (χ0) is 13.9. The van der Waals surface area contributed by atoms with Gasteiger partial charge in [-0.1, -0.05) is 0 Å². The maximum atomic E-state index is 11.8. The first-order chi connectivity index (χ1) is 9.00. The topological polar surface area (TPSA) is 99.0 Å². The lowest BCUT2D eigenvalue weighted by Gasteiger charge is -2.32. The van der Waals surface area contributed by atoms with Gasteiger partial charge in [0.2, 0.25) is 0 Å². The summed E-state index contributed by atoms with van der Waals surface area (Å²) >= 11 is 0. The summed E-state index contributed by atoms with van der Waals surface area (Å²) in [4.78, 5) is 11.8. The normalized spacial score (nSPS) is 17.9. The Morgan fingerprint density at radius 2 is 1.95 bits per heavy atom. The summed E-state index contributed by atoms with van der Waals surface area (Å²) in [5, 5.41) is 31.3. The van der Waals surface area contributed by atoms with Crippen LogP contribution >= 0.6 is 0 Å². The summed E-state index contributed by atoms with van der Waals surface area (Å²) in [6.07, 6.45) is 0.961. The second-order valence-corrected chi connectivity index (χ2v) is 4.72. The fourth-order valence-corrected chi connectivity index (χ4v) is 1.94. The molecule has 2 rings (SSSR count). The molecule has 4 N–H and O–H groups in total. The second-order valence-electron chi connectivity index (χ2n) is 4.72. The van der Waals surface area contributed by atoms with Crippen molar-refractivity contribution >= 4 is 5.91 Å². The van der Waals surface area contributed by atoms with Crippen molar-refractivity contribution < 1.29 is 24.9 Å². The molecule has 0 saturated carbocycles. The Hall–Kier alpha value is -1.79. The highest BCUT2D eigenvalue weighted by molar-refractivity contribution is 5.94. The number of rotatable bonds is 3. The smallest absolute Gasteiger partial charge is 0.251 e. The van der Waals surface area contributed by atoms with Crippen LogP contribution in [0.25, 0.3) is 0 Å². The molecule has 1 aromatic rings. The molecular formula is C13H17NO5. The Kier molecular flexibility index (Phi) is 3.92. The van der Waals surface area contributed by atoms with E-state index in [0.29, 0.717) is 26.1 Å². The van der Waals surface area contributed by atoms with E-state index in [9.17, 15) is 15.0 Å². The molecule has 1 aliphatic rings. The maximum Gasteiger partial charge on any atom is 0.251 e. The molecule has 1 amide bonds. The number of phenols is 2. The molecule has 1 aliphatic heterocycles. The molecule has 1 saturated heterocycles. The van der Waals surface area contributed by atoms with Crippen LogP contribution in [-0.2, 0) is 4.74 Å². The molecule has 0 aromatic heterocycles. The van der Waals surface area contributed by atoms with Crippen LogP contribution in [0.3, 0.4) is 0 Å². The third-order valence-corrected chi connectivity index (χ3v) is 3.24. The van der Waals surface area contributed by atoms with Gasteiger partial charge >= 0.3 is 0 Å². The second kappa shape index (κ2) is 5.46. The molecule has 19 heavy (non-hydrogen) atoms. The van der Waals surface area contributed by atoms with Crippen molar-refractivity contribution in [2.45, 2.75) is 18.4 Å². The van der Waals surface area contributed by atoms with E-state index in [0.717, 1.165) is 0 Å². The van der Waals surface area contributed by atoms with Gasteiger partial charge in [0.15, 0.2) is 11.5 Å². The van der Waals surface area contributed by atoms with Crippen LogP contribution < -0.4 is 5.32 Å². The number of ether oxygens (including phenoxy) is 1. The third kappa shape index (κ3) is 3.36. The molecular weight excluding hydrogens is 250 g/mol. The predicted molar refractivity (Wildman–Crippen MR) is 67.1 cm³/mol. The van der Waals surface area contributed by atoms with E-state index < -0.39 is 11.5 Å². The predicted octanol–water partition coefficient (Wildman–Crippen LogP) is 0.369. The van der Waals surface area contributed by atoms with E-state index >= 15 is 0 Å². The largest absolute Gasteiger partial charge is 0.504 e. The first-order valence-corrected chi connectivity index (χ1v) is 6.10. The Morgan fingerprint density at radius 1 is 1.26 bits per heavy atom. The number of aliphatic hydroxyl groups is 1. The van der Waals surface area contributed by atoms with Crippen molar-refractivity contribution in [3.05, 3.63) is 23.8 Å². The average molecular weight is 267 g/mol. The quantitative estimate of drug-likeness (QED) is 0.593. The molecule has 1 aromatic carbocycles. The summed E-state index contributed by atoms with van der Waals surface area (Å²) in [6.45, 7) is 1.09. The number of carbonyl (C=O) groups excluding carboxylic acids is 1. The van der Waals surface area contributed by atoms with E-state index in [-0.39, 0.29) is 23.6 Å². The van der Waals surface area contributed by atoms with Gasteiger partial charge in [-0.3, -0.25) is 4.79 Å². The molecule has 104 valence electrons. The number of amides is 1. The van der Waals surface area contributed by atoms with Crippen molar-refractivity contribution in [1.82, 2.24) is 5.32 Å². The highest BCUT2D eigenvalue weighted by Crippen LogP contribution is 2.25. The lowest BCUT2D eigenvalue weighted by Crippen LogP contribution is -2.46. The van der Waals surface area contributed by atoms with Gasteiger partial charge in [0.25, 0.3) is 5.91 Å². The molecule has 6 nitrogen and oxygen atoms in total. The SMILES string of the molecule is O=C(NCC1(O)CCOCC1)c1ccc(O)c(O)c1. The number of carbonyl (C=O) groups is 1. The Labute approximate surface area is 110 Å². The van der Waals surface area contributed by atoms with Crippen molar-refractivity contribution in [2.75, 3.05) is 19.8 Å². The maximum absolute atomic E-state index is 11.8. The number of nitrogens with one attached hydrogen (secondary N) is 1. The summed E-state index contributed by atoms with van der Waals surface area (Å²) in [6, 6.07) is 3.82. The zero-order valence-electron chi connectivity index (χ0n) is 10.4. The van der Waals surface area contributed by atoms with E-state index in [1.807, 2.05) is 0 Å².